The van der Waals surface area contributed by atoms with Crippen LogP contribution in [0.5, 0.6) is 5.75 Å². The highest BCUT2D eigenvalue weighted by Gasteiger charge is 2.23. The Morgan fingerprint density at radius 3 is 2.35 bits per heavy atom. The van der Waals surface area contributed by atoms with Gasteiger partial charge in [0.2, 0.25) is 0 Å². The Balaban J connectivity index is 1.58. The molecule has 7 nitrogen and oxygen atoms in total. The smallest absolute Gasteiger partial charge is 0.342 e. The fourth-order valence-electron chi connectivity index (χ4n) is 3.64. The highest BCUT2D eigenvalue weighted by Crippen LogP contribution is 2.26. The maximum absolute atomic E-state index is 12.9. The molecule has 0 saturated carbocycles. The Morgan fingerprint density at radius 1 is 0.968 bits per heavy atom. The Bertz CT molecular complexity index is 1040. The first-order valence-electron chi connectivity index (χ1n) is 10.4. The molecule has 7 heteroatoms. The van der Waals surface area contributed by atoms with Crippen LogP contribution >= 0.6 is 0 Å². The van der Waals surface area contributed by atoms with Crippen molar-refractivity contribution in [1.29, 1.82) is 0 Å². The van der Waals surface area contributed by atoms with Gasteiger partial charge in [0.25, 0.3) is 5.91 Å². The van der Waals surface area contributed by atoms with E-state index in [1.165, 1.54) is 0 Å². The molecular weight excluding hydrogens is 394 g/mol. The molecule has 160 valence electrons. The minimum Gasteiger partial charge on any atom is -0.497 e. The number of rotatable bonds is 6. The molecule has 4 rings (SSSR count). The number of benzene rings is 2. The lowest BCUT2D eigenvalue weighted by atomic mass is 10.1. The molecule has 1 amide bonds. The molecule has 1 aliphatic heterocycles. The molecule has 31 heavy (non-hydrogen) atoms. The normalized spacial score (nSPS) is 13.6. The van der Waals surface area contributed by atoms with Crippen LogP contribution in [0.1, 0.15) is 29.6 Å². The van der Waals surface area contributed by atoms with Gasteiger partial charge < -0.3 is 14.4 Å². The van der Waals surface area contributed by atoms with Gasteiger partial charge in [-0.3, -0.25) is 4.79 Å². The predicted molar refractivity (Wildman–Crippen MR) is 116 cm³/mol. The quantitative estimate of drug-likeness (QED) is 0.570. The number of methoxy groups -OCH3 is 1. The number of ether oxygens (including phenoxy) is 2. The summed E-state index contributed by atoms with van der Waals surface area (Å²) in [4.78, 5) is 27.1. The van der Waals surface area contributed by atoms with E-state index in [-0.39, 0.29) is 12.5 Å². The van der Waals surface area contributed by atoms with Crippen molar-refractivity contribution in [3.63, 3.8) is 0 Å². The van der Waals surface area contributed by atoms with Crippen molar-refractivity contribution in [2.24, 2.45) is 0 Å². The number of aromatic nitrogens is 2. The first kappa shape index (κ1) is 20.7. The third kappa shape index (κ3) is 4.77. The lowest BCUT2D eigenvalue weighted by Gasteiger charge is -2.26. The predicted octanol–water partition coefficient (Wildman–Crippen LogP) is 3.72. The van der Waals surface area contributed by atoms with E-state index in [0.29, 0.717) is 17.0 Å². The summed E-state index contributed by atoms with van der Waals surface area (Å²) in [6.45, 7) is 1.18. The molecule has 0 bridgehead atoms. The van der Waals surface area contributed by atoms with E-state index in [1.54, 1.807) is 22.9 Å². The molecule has 3 aromatic rings. The van der Waals surface area contributed by atoms with Gasteiger partial charge in [-0.2, -0.15) is 5.10 Å². The van der Waals surface area contributed by atoms with E-state index >= 15 is 0 Å². The largest absolute Gasteiger partial charge is 0.497 e. The number of esters is 1. The minimum atomic E-state index is -0.571. The van der Waals surface area contributed by atoms with Crippen molar-refractivity contribution in [3.05, 3.63) is 66.4 Å². The number of hydrogen-bond acceptors (Lipinski definition) is 5. The lowest BCUT2D eigenvalue weighted by molar-refractivity contribution is -0.135. The van der Waals surface area contributed by atoms with Crippen LogP contribution in [-0.2, 0) is 9.53 Å². The summed E-state index contributed by atoms with van der Waals surface area (Å²) in [5.74, 6) is -0.0182. The van der Waals surface area contributed by atoms with Crippen molar-refractivity contribution >= 4 is 11.9 Å². The second kappa shape index (κ2) is 9.47. The molecule has 0 N–H and O–H groups in total. The van der Waals surface area contributed by atoms with Gasteiger partial charge in [0.1, 0.15) is 17.0 Å². The Morgan fingerprint density at radius 2 is 1.68 bits per heavy atom. The zero-order chi connectivity index (χ0) is 21.6. The Kier molecular flexibility index (Phi) is 6.31. The summed E-state index contributed by atoms with van der Waals surface area (Å²) < 4.78 is 12.3. The average Bonchev–Trinajstić information content (AvgIpc) is 3.29. The maximum Gasteiger partial charge on any atom is 0.342 e. The molecule has 0 radical (unpaired) electrons. The van der Waals surface area contributed by atoms with Crippen molar-refractivity contribution in [2.45, 2.75) is 19.3 Å². The fourth-order valence-corrected chi connectivity index (χ4v) is 3.64. The van der Waals surface area contributed by atoms with Gasteiger partial charge in [-0.05, 0) is 55.7 Å². The highest BCUT2D eigenvalue weighted by molar-refractivity contribution is 5.97. The van der Waals surface area contributed by atoms with Crippen molar-refractivity contribution in [2.75, 3.05) is 26.8 Å². The maximum atomic E-state index is 12.9. The van der Waals surface area contributed by atoms with E-state index in [9.17, 15) is 9.59 Å². The van der Waals surface area contributed by atoms with Crippen LogP contribution in [0.25, 0.3) is 16.9 Å². The van der Waals surface area contributed by atoms with Crippen LogP contribution in [0.15, 0.2) is 60.8 Å². The van der Waals surface area contributed by atoms with Crippen LogP contribution in [0.2, 0.25) is 0 Å². The Labute approximate surface area is 181 Å². The van der Waals surface area contributed by atoms with E-state index in [1.807, 2.05) is 54.6 Å². The van der Waals surface area contributed by atoms with Gasteiger partial charge in [-0.15, -0.1) is 0 Å². The van der Waals surface area contributed by atoms with Crippen molar-refractivity contribution in [3.8, 4) is 22.7 Å². The standard InChI is InChI=1S/C24H25N3O4/c1-30-20-12-10-18(11-13-20)23-21(16-27(25-23)19-8-4-2-5-9-19)24(29)31-17-22(28)26-14-6-3-7-15-26/h2,4-5,8-13,16H,3,6-7,14-15,17H2,1H3. The number of amides is 1. The third-order valence-electron chi connectivity index (χ3n) is 5.35. The molecule has 0 unspecified atom stereocenters. The minimum absolute atomic E-state index is 0.158. The summed E-state index contributed by atoms with van der Waals surface area (Å²) in [6, 6.07) is 16.8. The van der Waals surface area contributed by atoms with Gasteiger partial charge in [0, 0.05) is 24.8 Å². The van der Waals surface area contributed by atoms with Gasteiger partial charge in [-0.1, -0.05) is 18.2 Å². The zero-order valence-corrected chi connectivity index (χ0v) is 17.5. The zero-order valence-electron chi connectivity index (χ0n) is 17.5. The molecule has 1 aromatic heterocycles. The molecule has 0 atom stereocenters. The molecule has 1 aliphatic rings. The van der Waals surface area contributed by atoms with Gasteiger partial charge in [0.05, 0.1) is 12.8 Å². The summed E-state index contributed by atoms with van der Waals surface area (Å²) in [6.07, 6.45) is 4.76. The molecule has 0 aliphatic carbocycles. The highest BCUT2D eigenvalue weighted by atomic mass is 16.5. The number of likely N-dealkylation sites (tertiary alicyclic amines) is 1. The topological polar surface area (TPSA) is 73.7 Å². The molecular formula is C24H25N3O4. The van der Waals surface area contributed by atoms with Crippen LogP contribution in [-0.4, -0.2) is 53.4 Å². The monoisotopic (exact) mass is 419 g/mol. The molecule has 2 aromatic carbocycles. The summed E-state index contributed by atoms with van der Waals surface area (Å²) >= 11 is 0. The lowest BCUT2D eigenvalue weighted by Crippen LogP contribution is -2.38. The number of hydrogen-bond donors (Lipinski definition) is 0. The van der Waals surface area contributed by atoms with E-state index < -0.39 is 5.97 Å². The van der Waals surface area contributed by atoms with Crippen LogP contribution in [0.3, 0.4) is 0 Å². The van der Waals surface area contributed by atoms with E-state index in [2.05, 4.69) is 5.10 Å². The third-order valence-corrected chi connectivity index (χ3v) is 5.35. The van der Waals surface area contributed by atoms with Crippen LogP contribution in [0.4, 0.5) is 0 Å². The van der Waals surface area contributed by atoms with Crippen molar-refractivity contribution in [1.82, 2.24) is 14.7 Å². The summed E-state index contributed by atoms with van der Waals surface area (Å²) in [5, 5.41) is 4.62. The molecule has 1 saturated heterocycles. The van der Waals surface area contributed by atoms with Gasteiger partial charge >= 0.3 is 5.97 Å². The van der Waals surface area contributed by atoms with Crippen LogP contribution in [0, 0.1) is 0 Å². The first-order chi connectivity index (χ1) is 15.2. The van der Waals surface area contributed by atoms with E-state index in [0.717, 1.165) is 43.6 Å². The second-order valence-electron chi connectivity index (χ2n) is 7.42. The SMILES string of the molecule is COc1ccc(-c2nn(-c3ccccc3)cc2C(=O)OCC(=O)N2CCCCC2)cc1. The molecule has 1 fully saturated rings. The number of nitrogens with zero attached hydrogens (tertiary/aromatic N) is 3. The summed E-state index contributed by atoms with van der Waals surface area (Å²) in [5.41, 5.74) is 2.37. The fraction of sp³-hybridized carbons (Fsp3) is 0.292. The Hall–Kier alpha value is -3.61. The summed E-state index contributed by atoms with van der Waals surface area (Å²) in [7, 11) is 1.60. The van der Waals surface area contributed by atoms with E-state index in [4.69, 9.17) is 9.47 Å². The van der Waals surface area contributed by atoms with Crippen LogP contribution < -0.4 is 4.74 Å². The number of carbonyl (C=O) groups is 2. The van der Waals surface area contributed by atoms with Gasteiger partial charge in [0.15, 0.2) is 6.61 Å². The average molecular weight is 419 g/mol. The second-order valence-corrected chi connectivity index (χ2v) is 7.42. The molecule has 0 spiro atoms. The number of carbonyl (C=O) groups excluding carboxylic acids is 2. The first-order valence-corrected chi connectivity index (χ1v) is 10.4. The van der Waals surface area contributed by atoms with Gasteiger partial charge in [-0.25, -0.2) is 9.48 Å². The molecule has 2 heterocycles. The number of para-hydroxylation sites is 1. The van der Waals surface area contributed by atoms with Crippen molar-refractivity contribution < 1.29 is 19.1 Å². The number of piperidine rings is 1.